The van der Waals surface area contributed by atoms with E-state index >= 15 is 0 Å². The first-order chi connectivity index (χ1) is 20.0. The maximum Gasteiger partial charge on any atom is 0.326 e. The average molecular weight is 582 g/mol. The molecule has 0 bridgehead atoms. The molecule has 0 aliphatic heterocycles. The number of carbonyl (C=O) groups is 5. The van der Waals surface area contributed by atoms with Crippen molar-refractivity contribution in [1.82, 2.24) is 20.9 Å². The molecule has 5 atom stereocenters. The highest BCUT2D eigenvalue weighted by molar-refractivity contribution is 5.95. The summed E-state index contributed by atoms with van der Waals surface area (Å²) in [5.41, 5.74) is 8.20. The third kappa shape index (κ3) is 8.88. The molecule has 224 valence electrons. The molecule has 9 N–H and O–H groups in total. The molecule has 0 radical (unpaired) electrons. The number of para-hydroxylation sites is 1. The highest BCUT2D eigenvalue weighted by Crippen LogP contribution is 2.19. The fraction of sp³-hybridized carbons (Fsp3) is 0.345. The summed E-state index contributed by atoms with van der Waals surface area (Å²) in [6.45, 7) is 1.22. The molecule has 3 aromatic rings. The Hall–Kier alpha value is -4.75. The van der Waals surface area contributed by atoms with E-state index in [0.29, 0.717) is 5.56 Å². The molecule has 3 amide bonds. The molecular formula is C29H35N5O8. The van der Waals surface area contributed by atoms with Crippen molar-refractivity contribution >= 4 is 40.6 Å². The summed E-state index contributed by atoms with van der Waals surface area (Å²) >= 11 is 0. The van der Waals surface area contributed by atoms with E-state index in [0.717, 1.165) is 16.5 Å². The third-order valence-electron chi connectivity index (χ3n) is 6.69. The maximum atomic E-state index is 13.1. The number of fused-ring (bicyclic) bond motifs is 1. The Labute approximate surface area is 241 Å². The van der Waals surface area contributed by atoms with Gasteiger partial charge in [-0.05, 0) is 37.0 Å². The van der Waals surface area contributed by atoms with Crippen molar-refractivity contribution < 1.29 is 39.3 Å². The summed E-state index contributed by atoms with van der Waals surface area (Å²) < 4.78 is 0. The number of carboxylic acids is 2. The fourth-order valence-electron chi connectivity index (χ4n) is 4.42. The summed E-state index contributed by atoms with van der Waals surface area (Å²) in [6, 6.07) is 10.7. The minimum absolute atomic E-state index is 0.0812. The quantitative estimate of drug-likeness (QED) is 0.121. The van der Waals surface area contributed by atoms with Crippen LogP contribution in [0.1, 0.15) is 30.9 Å². The Morgan fingerprint density at radius 2 is 1.48 bits per heavy atom. The molecule has 0 aliphatic rings. The average Bonchev–Trinajstić information content (AvgIpc) is 3.36. The summed E-state index contributed by atoms with van der Waals surface area (Å²) in [5.74, 6) is -5.19. The summed E-state index contributed by atoms with van der Waals surface area (Å²) in [4.78, 5) is 65.2. The van der Waals surface area contributed by atoms with Crippen LogP contribution in [0, 0.1) is 0 Å². The molecule has 0 fully saturated rings. The van der Waals surface area contributed by atoms with Gasteiger partial charge in [-0.15, -0.1) is 0 Å². The van der Waals surface area contributed by atoms with Gasteiger partial charge in [-0.2, -0.15) is 0 Å². The largest absolute Gasteiger partial charge is 0.481 e. The van der Waals surface area contributed by atoms with E-state index in [1.807, 2.05) is 12.1 Å². The number of hydrogen-bond acceptors (Lipinski definition) is 7. The van der Waals surface area contributed by atoms with Crippen LogP contribution < -0.4 is 21.7 Å². The number of carboxylic acid groups (broad SMARTS) is 2. The third-order valence-corrected chi connectivity index (χ3v) is 6.69. The molecule has 13 nitrogen and oxygen atoms in total. The van der Waals surface area contributed by atoms with Crippen LogP contribution in [-0.2, 0) is 36.8 Å². The standard InChI is InChI=1S/C29H35N5O8/c1-16(35)25(28(40)33-23(29(41)42)14-18-15-31-21-10-6-5-9-19(18)21)34-27(39)22(11-12-24(36)37)32-26(38)20(30)13-17-7-3-2-4-8-17/h2-10,15-16,20,22-23,25,31,35H,11-14,30H2,1H3,(H,32,38)(H,33,40)(H,34,39)(H,36,37)(H,41,42). The van der Waals surface area contributed by atoms with Crippen LogP contribution in [0.25, 0.3) is 10.9 Å². The molecule has 1 aromatic heterocycles. The second kappa shape index (κ2) is 14.8. The lowest BCUT2D eigenvalue weighted by Gasteiger charge is -2.26. The van der Waals surface area contributed by atoms with Gasteiger partial charge in [0.05, 0.1) is 12.1 Å². The van der Waals surface area contributed by atoms with Crippen LogP contribution in [0.5, 0.6) is 0 Å². The number of rotatable bonds is 15. The van der Waals surface area contributed by atoms with Crippen LogP contribution in [0.15, 0.2) is 60.8 Å². The lowest BCUT2D eigenvalue weighted by molar-refractivity contribution is -0.143. The number of aromatic nitrogens is 1. The van der Waals surface area contributed by atoms with Gasteiger partial charge in [0.25, 0.3) is 0 Å². The Balaban J connectivity index is 1.70. The number of H-pyrrole nitrogens is 1. The van der Waals surface area contributed by atoms with E-state index in [1.165, 1.54) is 6.92 Å². The highest BCUT2D eigenvalue weighted by Gasteiger charge is 2.33. The molecule has 5 unspecified atom stereocenters. The number of hydrogen-bond donors (Lipinski definition) is 8. The summed E-state index contributed by atoms with van der Waals surface area (Å²) in [7, 11) is 0. The SMILES string of the molecule is CC(O)C(NC(=O)C(CCC(=O)O)NC(=O)C(N)Cc1ccccc1)C(=O)NC(Cc1c[nH]c2ccccc12)C(=O)O. The zero-order valence-electron chi connectivity index (χ0n) is 22.9. The first-order valence-corrected chi connectivity index (χ1v) is 13.3. The Morgan fingerprint density at radius 1 is 0.833 bits per heavy atom. The minimum Gasteiger partial charge on any atom is -0.481 e. The highest BCUT2D eigenvalue weighted by atomic mass is 16.4. The molecule has 0 saturated heterocycles. The molecule has 13 heteroatoms. The van der Waals surface area contributed by atoms with Crippen LogP contribution in [0.2, 0.25) is 0 Å². The lowest BCUT2D eigenvalue weighted by atomic mass is 10.0. The first kappa shape index (κ1) is 31.8. The van der Waals surface area contributed by atoms with Crippen molar-refractivity contribution in [2.45, 2.75) is 62.9 Å². The number of aromatic amines is 1. The summed E-state index contributed by atoms with van der Waals surface area (Å²) in [5, 5.41) is 37.1. The van der Waals surface area contributed by atoms with Gasteiger partial charge in [-0.3, -0.25) is 19.2 Å². The first-order valence-electron chi connectivity index (χ1n) is 13.3. The molecule has 0 aliphatic carbocycles. The molecule has 1 heterocycles. The number of aliphatic hydroxyl groups excluding tert-OH is 1. The Kier molecular flexibility index (Phi) is 11.2. The van der Waals surface area contributed by atoms with Gasteiger partial charge in [0.15, 0.2) is 0 Å². The molecule has 2 aromatic carbocycles. The van der Waals surface area contributed by atoms with Crippen molar-refractivity contribution in [2.24, 2.45) is 5.73 Å². The smallest absolute Gasteiger partial charge is 0.326 e. The molecule has 42 heavy (non-hydrogen) atoms. The zero-order valence-corrected chi connectivity index (χ0v) is 22.9. The Morgan fingerprint density at radius 3 is 2.12 bits per heavy atom. The number of aliphatic hydroxyl groups is 1. The monoisotopic (exact) mass is 581 g/mol. The predicted octanol–water partition coefficient (Wildman–Crippen LogP) is 0.0650. The molecule has 3 rings (SSSR count). The number of nitrogens with two attached hydrogens (primary N) is 1. The van der Waals surface area contributed by atoms with Crippen LogP contribution in [-0.4, -0.2) is 80.2 Å². The van der Waals surface area contributed by atoms with Gasteiger partial charge >= 0.3 is 11.9 Å². The molecular weight excluding hydrogens is 546 g/mol. The predicted molar refractivity (Wildman–Crippen MR) is 152 cm³/mol. The van der Waals surface area contributed by atoms with E-state index in [4.69, 9.17) is 10.8 Å². The van der Waals surface area contributed by atoms with Gasteiger partial charge in [0.1, 0.15) is 18.1 Å². The van der Waals surface area contributed by atoms with E-state index in [1.54, 1.807) is 48.7 Å². The fourth-order valence-corrected chi connectivity index (χ4v) is 4.42. The van der Waals surface area contributed by atoms with E-state index < -0.39 is 66.4 Å². The van der Waals surface area contributed by atoms with Crippen LogP contribution in [0.4, 0.5) is 0 Å². The van der Waals surface area contributed by atoms with Gasteiger partial charge in [0, 0.05) is 29.9 Å². The minimum atomic E-state index is -1.61. The normalized spacial score (nSPS) is 14.6. The lowest BCUT2D eigenvalue weighted by Crippen LogP contribution is -2.60. The number of nitrogens with one attached hydrogen (secondary N) is 4. The molecule has 0 saturated carbocycles. The van der Waals surface area contributed by atoms with Crippen molar-refractivity contribution in [1.29, 1.82) is 0 Å². The van der Waals surface area contributed by atoms with Crippen molar-refractivity contribution in [3.8, 4) is 0 Å². The number of carbonyl (C=O) groups excluding carboxylic acids is 3. The zero-order chi connectivity index (χ0) is 30.8. The maximum absolute atomic E-state index is 13.1. The summed E-state index contributed by atoms with van der Waals surface area (Å²) in [6.07, 6.45) is -0.555. The number of benzene rings is 2. The second-order valence-corrected chi connectivity index (χ2v) is 9.98. The number of aliphatic carboxylic acids is 2. The molecule has 0 spiro atoms. The second-order valence-electron chi connectivity index (χ2n) is 9.98. The van der Waals surface area contributed by atoms with E-state index in [2.05, 4.69) is 20.9 Å². The van der Waals surface area contributed by atoms with Crippen molar-refractivity contribution in [3.63, 3.8) is 0 Å². The Bertz CT molecular complexity index is 1410. The van der Waals surface area contributed by atoms with E-state index in [-0.39, 0.29) is 19.3 Å². The van der Waals surface area contributed by atoms with Crippen molar-refractivity contribution in [2.75, 3.05) is 0 Å². The van der Waals surface area contributed by atoms with Crippen molar-refractivity contribution in [3.05, 3.63) is 71.9 Å². The van der Waals surface area contributed by atoms with E-state index in [9.17, 15) is 34.2 Å². The van der Waals surface area contributed by atoms with Gasteiger partial charge in [0.2, 0.25) is 17.7 Å². The van der Waals surface area contributed by atoms with Gasteiger partial charge < -0.3 is 42.0 Å². The van der Waals surface area contributed by atoms with Crippen LogP contribution in [0.3, 0.4) is 0 Å². The van der Waals surface area contributed by atoms with Gasteiger partial charge in [-0.25, -0.2) is 4.79 Å². The number of amides is 3. The van der Waals surface area contributed by atoms with Crippen LogP contribution >= 0.6 is 0 Å². The topological polar surface area (TPSA) is 224 Å². The van der Waals surface area contributed by atoms with Gasteiger partial charge in [-0.1, -0.05) is 48.5 Å².